The van der Waals surface area contributed by atoms with Gasteiger partial charge in [-0.2, -0.15) is 0 Å². The Balaban J connectivity index is 2.32. The molecule has 0 heterocycles. The van der Waals surface area contributed by atoms with Crippen LogP contribution in [-0.4, -0.2) is 26.8 Å². The molecule has 0 aliphatic rings. The standard InChI is InChI=1S/C17H17BrO5/c1-4-22-15-10-11(9-12(18)16(15)21-3)17(19)23-14-8-6-5-7-13(14)20-2/h5-10H,4H2,1-3H3. The summed E-state index contributed by atoms with van der Waals surface area (Å²) in [6, 6.07) is 10.2. The minimum atomic E-state index is -0.515. The van der Waals surface area contributed by atoms with Gasteiger partial charge in [-0.25, -0.2) is 4.79 Å². The molecule has 0 aliphatic heterocycles. The summed E-state index contributed by atoms with van der Waals surface area (Å²) >= 11 is 3.37. The minimum absolute atomic E-state index is 0.340. The average Bonchev–Trinajstić information content (AvgIpc) is 2.55. The van der Waals surface area contributed by atoms with Gasteiger partial charge in [0.2, 0.25) is 0 Å². The molecule has 0 fully saturated rings. The summed E-state index contributed by atoms with van der Waals surface area (Å²) in [7, 11) is 3.05. The third-order valence-corrected chi connectivity index (χ3v) is 3.61. The first-order valence-electron chi connectivity index (χ1n) is 6.96. The molecule has 0 saturated carbocycles. The normalized spacial score (nSPS) is 10.1. The van der Waals surface area contributed by atoms with Gasteiger partial charge in [-0.05, 0) is 47.1 Å². The van der Waals surface area contributed by atoms with Crippen molar-refractivity contribution in [3.05, 3.63) is 46.4 Å². The smallest absolute Gasteiger partial charge is 0.343 e. The lowest BCUT2D eigenvalue weighted by atomic mass is 10.2. The first-order chi connectivity index (χ1) is 11.1. The molecule has 6 heteroatoms. The molecule has 2 aromatic carbocycles. The lowest BCUT2D eigenvalue weighted by molar-refractivity contribution is 0.0729. The Hall–Kier alpha value is -2.21. The van der Waals surface area contributed by atoms with Gasteiger partial charge < -0.3 is 18.9 Å². The van der Waals surface area contributed by atoms with E-state index in [4.69, 9.17) is 18.9 Å². The van der Waals surface area contributed by atoms with Crippen LogP contribution in [0, 0.1) is 0 Å². The second kappa shape index (κ2) is 7.87. The van der Waals surface area contributed by atoms with Crippen LogP contribution in [0.3, 0.4) is 0 Å². The highest BCUT2D eigenvalue weighted by Crippen LogP contribution is 2.37. The van der Waals surface area contributed by atoms with Gasteiger partial charge in [0.05, 0.1) is 30.9 Å². The van der Waals surface area contributed by atoms with Gasteiger partial charge in [0.1, 0.15) is 0 Å². The van der Waals surface area contributed by atoms with E-state index in [9.17, 15) is 4.79 Å². The van der Waals surface area contributed by atoms with Crippen molar-refractivity contribution in [2.45, 2.75) is 6.92 Å². The van der Waals surface area contributed by atoms with E-state index in [1.54, 1.807) is 36.4 Å². The summed E-state index contributed by atoms with van der Waals surface area (Å²) in [5.74, 6) is 1.32. The van der Waals surface area contributed by atoms with Crippen molar-refractivity contribution in [2.75, 3.05) is 20.8 Å². The lowest BCUT2D eigenvalue weighted by Gasteiger charge is -2.13. The zero-order valence-electron chi connectivity index (χ0n) is 13.1. The molecule has 23 heavy (non-hydrogen) atoms. The highest BCUT2D eigenvalue weighted by Gasteiger charge is 2.18. The minimum Gasteiger partial charge on any atom is -0.493 e. The average molecular weight is 381 g/mol. The van der Waals surface area contributed by atoms with Crippen LogP contribution in [0.2, 0.25) is 0 Å². The van der Waals surface area contributed by atoms with Gasteiger partial charge in [0.15, 0.2) is 23.0 Å². The largest absolute Gasteiger partial charge is 0.493 e. The summed E-state index contributed by atoms with van der Waals surface area (Å²) in [5.41, 5.74) is 0.340. The number of carbonyl (C=O) groups is 1. The molecule has 0 bridgehead atoms. The molecule has 0 atom stereocenters. The van der Waals surface area contributed by atoms with Crippen molar-refractivity contribution in [3.63, 3.8) is 0 Å². The predicted molar refractivity (Wildman–Crippen MR) is 89.8 cm³/mol. The third-order valence-electron chi connectivity index (χ3n) is 3.02. The van der Waals surface area contributed by atoms with Crippen molar-refractivity contribution in [3.8, 4) is 23.0 Å². The van der Waals surface area contributed by atoms with Crippen molar-refractivity contribution >= 4 is 21.9 Å². The number of carbonyl (C=O) groups excluding carboxylic acids is 1. The molecular weight excluding hydrogens is 364 g/mol. The van der Waals surface area contributed by atoms with Crippen LogP contribution in [-0.2, 0) is 0 Å². The van der Waals surface area contributed by atoms with Crippen molar-refractivity contribution in [1.82, 2.24) is 0 Å². The number of hydrogen-bond donors (Lipinski definition) is 0. The van der Waals surface area contributed by atoms with Crippen LogP contribution in [0.5, 0.6) is 23.0 Å². The molecule has 0 saturated heterocycles. The molecule has 2 rings (SSSR count). The summed E-state index contributed by atoms with van der Waals surface area (Å²) < 4.78 is 22.0. The number of halogens is 1. The molecule has 122 valence electrons. The maximum Gasteiger partial charge on any atom is 0.343 e. The second-order valence-corrected chi connectivity index (χ2v) is 5.32. The molecule has 5 nitrogen and oxygen atoms in total. The fourth-order valence-electron chi connectivity index (χ4n) is 2.01. The Kier molecular flexibility index (Phi) is 5.87. The molecular formula is C17H17BrO5. The van der Waals surface area contributed by atoms with Crippen LogP contribution in [0.25, 0.3) is 0 Å². The number of esters is 1. The highest BCUT2D eigenvalue weighted by molar-refractivity contribution is 9.10. The Morgan fingerprint density at radius 2 is 1.74 bits per heavy atom. The molecule has 0 aromatic heterocycles. The van der Waals surface area contributed by atoms with E-state index >= 15 is 0 Å². The van der Waals surface area contributed by atoms with Crippen molar-refractivity contribution in [1.29, 1.82) is 0 Å². The molecule has 0 aliphatic carbocycles. The second-order valence-electron chi connectivity index (χ2n) is 4.46. The molecule has 2 aromatic rings. The first kappa shape index (κ1) is 17.1. The van der Waals surface area contributed by atoms with E-state index in [0.29, 0.717) is 39.6 Å². The van der Waals surface area contributed by atoms with Crippen molar-refractivity contribution < 1.29 is 23.7 Å². The number of para-hydroxylation sites is 2. The van der Waals surface area contributed by atoms with Crippen LogP contribution in [0.4, 0.5) is 0 Å². The SMILES string of the molecule is CCOc1cc(C(=O)Oc2ccccc2OC)cc(Br)c1OC. The zero-order chi connectivity index (χ0) is 16.8. The van der Waals surface area contributed by atoms with Crippen LogP contribution in [0.1, 0.15) is 17.3 Å². The van der Waals surface area contributed by atoms with Gasteiger partial charge in [-0.15, -0.1) is 0 Å². The monoisotopic (exact) mass is 380 g/mol. The Morgan fingerprint density at radius 3 is 2.35 bits per heavy atom. The molecule has 0 amide bonds. The number of ether oxygens (including phenoxy) is 4. The third kappa shape index (κ3) is 3.96. The first-order valence-corrected chi connectivity index (χ1v) is 7.75. The van der Waals surface area contributed by atoms with E-state index in [0.717, 1.165) is 0 Å². The van der Waals surface area contributed by atoms with Gasteiger partial charge >= 0.3 is 5.97 Å². The van der Waals surface area contributed by atoms with Gasteiger partial charge in [-0.3, -0.25) is 0 Å². The lowest BCUT2D eigenvalue weighted by Crippen LogP contribution is -2.10. The van der Waals surface area contributed by atoms with Crippen LogP contribution < -0.4 is 18.9 Å². The highest BCUT2D eigenvalue weighted by atomic mass is 79.9. The fraction of sp³-hybridized carbons (Fsp3) is 0.235. The molecule has 0 unspecified atom stereocenters. The van der Waals surface area contributed by atoms with E-state index in [2.05, 4.69) is 15.9 Å². The maximum absolute atomic E-state index is 12.4. The van der Waals surface area contributed by atoms with Gasteiger partial charge in [0.25, 0.3) is 0 Å². The van der Waals surface area contributed by atoms with Gasteiger partial charge in [-0.1, -0.05) is 12.1 Å². The molecule has 0 N–H and O–H groups in total. The van der Waals surface area contributed by atoms with Gasteiger partial charge in [0, 0.05) is 0 Å². The summed E-state index contributed by atoms with van der Waals surface area (Å²) in [4.78, 5) is 12.4. The fourth-order valence-corrected chi connectivity index (χ4v) is 2.61. The summed E-state index contributed by atoms with van der Waals surface area (Å²) in [6.07, 6.45) is 0. The Bertz CT molecular complexity index is 699. The van der Waals surface area contributed by atoms with E-state index in [-0.39, 0.29) is 0 Å². The summed E-state index contributed by atoms with van der Waals surface area (Å²) in [6.45, 7) is 2.31. The molecule has 0 radical (unpaired) electrons. The van der Waals surface area contributed by atoms with Crippen LogP contribution >= 0.6 is 15.9 Å². The van der Waals surface area contributed by atoms with E-state index < -0.39 is 5.97 Å². The Morgan fingerprint density at radius 1 is 1.04 bits per heavy atom. The summed E-state index contributed by atoms with van der Waals surface area (Å²) in [5, 5.41) is 0. The Labute approximate surface area is 143 Å². The molecule has 0 spiro atoms. The van der Waals surface area contributed by atoms with E-state index in [1.165, 1.54) is 14.2 Å². The zero-order valence-corrected chi connectivity index (χ0v) is 14.7. The number of rotatable bonds is 6. The quantitative estimate of drug-likeness (QED) is 0.558. The van der Waals surface area contributed by atoms with E-state index in [1.807, 2.05) is 6.92 Å². The number of hydrogen-bond acceptors (Lipinski definition) is 5. The van der Waals surface area contributed by atoms with Crippen molar-refractivity contribution in [2.24, 2.45) is 0 Å². The topological polar surface area (TPSA) is 54.0 Å². The predicted octanol–water partition coefficient (Wildman–Crippen LogP) is 4.08. The van der Waals surface area contributed by atoms with Crippen LogP contribution in [0.15, 0.2) is 40.9 Å². The maximum atomic E-state index is 12.4. The number of benzene rings is 2. The number of methoxy groups -OCH3 is 2.